The number of furan rings is 1. The molecular formula is C26H25Cl2N3O4. The van der Waals surface area contributed by atoms with Gasteiger partial charge >= 0.3 is 5.97 Å². The third-order valence-corrected chi connectivity index (χ3v) is 6.46. The minimum absolute atomic E-state index is 0.204. The van der Waals surface area contributed by atoms with E-state index in [1.54, 1.807) is 6.20 Å². The Morgan fingerprint density at radius 2 is 1.89 bits per heavy atom. The molecule has 9 heteroatoms. The van der Waals surface area contributed by atoms with Crippen molar-refractivity contribution in [3.63, 3.8) is 0 Å². The molecule has 182 valence electrons. The Balaban J connectivity index is 0.000000431. The smallest absolute Gasteiger partial charge is 0.337 e. The molecule has 2 N–H and O–H groups in total. The zero-order chi connectivity index (χ0) is 25.1. The second-order valence-corrected chi connectivity index (χ2v) is 9.64. The maximum absolute atomic E-state index is 12.9. The van der Waals surface area contributed by atoms with Gasteiger partial charge in [0, 0.05) is 40.7 Å². The summed E-state index contributed by atoms with van der Waals surface area (Å²) in [5.41, 5.74) is 3.35. The second-order valence-electron chi connectivity index (χ2n) is 8.55. The van der Waals surface area contributed by atoms with Gasteiger partial charge in [-0.15, -0.1) is 0 Å². The number of aliphatic carboxylic acids is 1. The van der Waals surface area contributed by atoms with Crippen molar-refractivity contribution in [2.24, 2.45) is 0 Å². The first kappa shape index (κ1) is 25.0. The van der Waals surface area contributed by atoms with Crippen LogP contribution in [0.3, 0.4) is 0 Å². The van der Waals surface area contributed by atoms with Gasteiger partial charge in [-0.3, -0.25) is 9.78 Å². The molecule has 2 heterocycles. The van der Waals surface area contributed by atoms with E-state index >= 15 is 0 Å². The molecule has 4 aromatic rings. The van der Waals surface area contributed by atoms with Crippen molar-refractivity contribution in [3.8, 4) is 0 Å². The molecule has 1 atom stereocenters. The molecule has 0 aliphatic heterocycles. The molecule has 35 heavy (non-hydrogen) atoms. The number of aromatic nitrogens is 1. The van der Waals surface area contributed by atoms with Crippen LogP contribution in [0.4, 0.5) is 5.69 Å². The lowest BCUT2D eigenvalue weighted by atomic mass is 9.91. The van der Waals surface area contributed by atoms with Crippen LogP contribution in [0.15, 0.2) is 59.1 Å². The van der Waals surface area contributed by atoms with Crippen LogP contribution in [0.1, 0.15) is 28.2 Å². The molecule has 1 amide bonds. The third kappa shape index (κ3) is 5.59. The number of alkyl halides is 2. The van der Waals surface area contributed by atoms with Gasteiger partial charge in [0.2, 0.25) is 4.84 Å². The maximum Gasteiger partial charge on any atom is 0.337 e. The molecule has 0 fully saturated rings. The summed E-state index contributed by atoms with van der Waals surface area (Å²) in [5, 5.41) is 13.7. The normalized spacial score (nSPS) is 15.1. The van der Waals surface area contributed by atoms with Crippen LogP contribution in [0.5, 0.6) is 0 Å². The van der Waals surface area contributed by atoms with Crippen molar-refractivity contribution in [1.29, 1.82) is 0 Å². The number of anilines is 1. The van der Waals surface area contributed by atoms with Crippen LogP contribution in [0.2, 0.25) is 0 Å². The maximum atomic E-state index is 12.9. The number of nitrogens with one attached hydrogen (secondary N) is 1. The molecule has 1 aliphatic carbocycles. The number of carboxylic acids is 1. The van der Waals surface area contributed by atoms with Crippen molar-refractivity contribution in [3.05, 3.63) is 71.7 Å². The van der Waals surface area contributed by atoms with Gasteiger partial charge in [0.25, 0.3) is 5.91 Å². The van der Waals surface area contributed by atoms with E-state index in [1.807, 2.05) is 48.5 Å². The van der Waals surface area contributed by atoms with Crippen molar-refractivity contribution < 1.29 is 19.1 Å². The summed E-state index contributed by atoms with van der Waals surface area (Å²) < 4.78 is 6.08. The van der Waals surface area contributed by atoms with Gasteiger partial charge in [-0.2, -0.15) is 0 Å². The topological polar surface area (TPSA) is 95.7 Å². The number of amides is 1. The van der Waals surface area contributed by atoms with E-state index in [1.165, 1.54) is 5.56 Å². The zero-order valence-electron chi connectivity index (χ0n) is 19.3. The Morgan fingerprint density at radius 1 is 1.14 bits per heavy atom. The van der Waals surface area contributed by atoms with Gasteiger partial charge in [0.05, 0.1) is 0 Å². The van der Waals surface area contributed by atoms with E-state index in [4.69, 9.17) is 32.7 Å². The number of nitrogens with zero attached hydrogens (tertiary/aromatic N) is 2. The molecular weight excluding hydrogens is 489 g/mol. The molecule has 0 bridgehead atoms. The first-order chi connectivity index (χ1) is 16.7. The molecule has 0 saturated heterocycles. The number of hydrogen-bond acceptors (Lipinski definition) is 5. The van der Waals surface area contributed by atoms with E-state index in [2.05, 4.69) is 29.3 Å². The summed E-state index contributed by atoms with van der Waals surface area (Å²) in [7, 11) is 4.25. The lowest BCUT2D eigenvalue weighted by Crippen LogP contribution is -2.33. The number of fused-ring (bicyclic) bond motifs is 4. The van der Waals surface area contributed by atoms with Gasteiger partial charge in [0.1, 0.15) is 17.0 Å². The third-order valence-electron chi connectivity index (χ3n) is 6.08. The predicted molar refractivity (Wildman–Crippen MR) is 139 cm³/mol. The predicted octanol–water partition coefficient (Wildman–Crippen LogP) is 5.53. The fraction of sp³-hybridized carbons (Fsp3) is 0.269. The van der Waals surface area contributed by atoms with E-state index in [9.17, 15) is 9.59 Å². The average molecular weight is 514 g/mol. The molecule has 2 aromatic carbocycles. The molecule has 0 spiro atoms. The fourth-order valence-electron chi connectivity index (χ4n) is 4.27. The summed E-state index contributed by atoms with van der Waals surface area (Å²) in [6.07, 6.45) is 4.70. The molecule has 5 rings (SSSR count). The zero-order valence-corrected chi connectivity index (χ0v) is 20.8. The number of hydrogen-bond donors (Lipinski definition) is 2. The molecule has 1 aliphatic rings. The highest BCUT2D eigenvalue weighted by molar-refractivity contribution is 6.52. The number of carboxylic acid groups (broad SMARTS) is 1. The molecule has 0 saturated carbocycles. The Kier molecular flexibility index (Phi) is 7.60. The summed E-state index contributed by atoms with van der Waals surface area (Å²) >= 11 is 9.56. The summed E-state index contributed by atoms with van der Waals surface area (Å²) in [6.45, 7) is 0. The van der Waals surface area contributed by atoms with Crippen LogP contribution < -0.4 is 5.32 Å². The van der Waals surface area contributed by atoms with Crippen LogP contribution >= 0.6 is 23.2 Å². The highest BCUT2D eigenvalue weighted by Gasteiger charge is 2.25. The molecule has 1 unspecified atom stereocenters. The summed E-state index contributed by atoms with van der Waals surface area (Å²) in [4.78, 5) is 27.7. The van der Waals surface area contributed by atoms with Crippen LogP contribution in [0, 0.1) is 0 Å². The van der Waals surface area contributed by atoms with Crippen molar-refractivity contribution in [2.45, 2.75) is 30.1 Å². The van der Waals surface area contributed by atoms with E-state index < -0.39 is 10.8 Å². The second kappa shape index (κ2) is 10.6. The number of halogens is 2. The average Bonchev–Trinajstić information content (AvgIpc) is 3.21. The quantitative estimate of drug-likeness (QED) is 0.348. The van der Waals surface area contributed by atoms with Crippen molar-refractivity contribution in [2.75, 3.05) is 19.4 Å². The van der Waals surface area contributed by atoms with Gasteiger partial charge in [0.15, 0.2) is 0 Å². The number of rotatable bonds is 4. The Hall–Kier alpha value is -3.13. The van der Waals surface area contributed by atoms with Gasteiger partial charge in [-0.25, -0.2) is 4.79 Å². The number of carbonyl (C=O) groups is 2. The largest absolute Gasteiger partial charge is 0.479 e. The van der Waals surface area contributed by atoms with Crippen molar-refractivity contribution in [1.82, 2.24) is 9.88 Å². The first-order valence-electron chi connectivity index (χ1n) is 11.1. The van der Waals surface area contributed by atoms with E-state index in [-0.39, 0.29) is 5.91 Å². The van der Waals surface area contributed by atoms with Crippen LogP contribution in [0.25, 0.3) is 21.7 Å². The Bertz CT molecular complexity index is 1380. The monoisotopic (exact) mass is 513 g/mol. The van der Waals surface area contributed by atoms with Crippen LogP contribution in [-0.4, -0.2) is 51.8 Å². The number of likely N-dealkylation sites (N-methyl/N-ethyl adjacent to an activating group) is 1. The van der Waals surface area contributed by atoms with E-state index in [0.29, 0.717) is 11.7 Å². The standard InChI is InChI=1S/C24H23N3O2.C2H2Cl2O2/c1-27(2)17-8-10-22-20(14-17)19-13-16(7-9-21(19)29-22)26-24(28)23-18-6-4-3-5-15(18)11-12-25-23;3-1(4)2(5)6/h3-7,9,11-13,17H,8,10,14H2,1-2H3,(H,26,28);1H,(H,5,6). The summed E-state index contributed by atoms with van der Waals surface area (Å²) in [6, 6.07) is 16.1. The Labute approximate surface area is 212 Å². The van der Waals surface area contributed by atoms with Gasteiger partial charge in [-0.1, -0.05) is 47.5 Å². The summed E-state index contributed by atoms with van der Waals surface area (Å²) in [5.74, 6) is -0.333. The first-order valence-corrected chi connectivity index (χ1v) is 12.0. The number of pyridine rings is 1. The highest BCUT2D eigenvalue weighted by atomic mass is 35.5. The molecule has 0 radical (unpaired) electrons. The molecule has 7 nitrogen and oxygen atoms in total. The SMILES string of the molecule is CN(C)C1CCc2oc3ccc(NC(=O)c4nccc5ccccc45)cc3c2C1.O=C(O)C(Cl)Cl. The number of aryl methyl sites for hydroxylation is 1. The minimum atomic E-state index is -1.29. The number of benzene rings is 2. The van der Waals surface area contributed by atoms with Gasteiger partial charge < -0.3 is 19.7 Å². The van der Waals surface area contributed by atoms with Crippen LogP contribution in [-0.2, 0) is 17.6 Å². The lowest BCUT2D eigenvalue weighted by Gasteiger charge is -2.27. The fourth-order valence-corrected chi connectivity index (χ4v) is 4.27. The Morgan fingerprint density at radius 3 is 2.60 bits per heavy atom. The highest BCUT2D eigenvalue weighted by Crippen LogP contribution is 2.34. The van der Waals surface area contributed by atoms with E-state index in [0.717, 1.165) is 52.5 Å². The number of carbonyl (C=O) groups excluding carboxylic acids is 1. The minimum Gasteiger partial charge on any atom is -0.479 e. The van der Waals surface area contributed by atoms with Crippen molar-refractivity contribution >= 4 is 62.5 Å². The molecule has 2 aromatic heterocycles. The lowest BCUT2D eigenvalue weighted by molar-refractivity contribution is -0.135. The van der Waals surface area contributed by atoms with Gasteiger partial charge in [-0.05, 0) is 56.6 Å².